The lowest BCUT2D eigenvalue weighted by molar-refractivity contribution is -0.874. The van der Waals surface area contributed by atoms with Gasteiger partial charge in [-0.15, -0.1) is 0 Å². The molecule has 0 fully saturated rings. The number of rotatable bonds is 23. The van der Waals surface area contributed by atoms with Crippen LogP contribution in [0.4, 0.5) is 0 Å². The predicted molar refractivity (Wildman–Crippen MR) is 142 cm³/mol. The highest BCUT2D eigenvalue weighted by atomic mass is 31.2. The quantitative estimate of drug-likeness (QED) is 0.0598. The van der Waals surface area contributed by atoms with E-state index in [0.29, 0.717) is 0 Å². The third-order valence-electron chi connectivity index (χ3n) is 6.32. The van der Waals surface area contributed by atoms with Gasteiger partial charge in [0.1, 0.15) is 6.54 Å². The van der Waals surface area contributed by atoms with Crippen molar-refractivity contribution in [1.82, 2.24) is 0 Å². The van der Waals surface area contributed by atoms with Crippen LogP contribution in [0.1, 0.15) is 129 Å². The van der Waals surface area contributed by atoms with E-state index < -0.39 is 12.9 Å². The first kappa shape index (κ1) is 32.8. The largest absolute Gasteiger partial charge is 0.369 e. The Morgan fingerprint density at radius 3 is 1.30 bits per heavy atom. The van der Waals surface area contributed by atoms with E-state index in [-0.39, 0.29) is 11.0 Å². The van der Waals surface area contributed by atoms with Gasteiger partial charge in [-0.1, -0.05) is 122 Å². The average Bonchev–Trinajstić information content (AvgIpc) is 2.70. The lowest BCUT2D eigenvalue weighted by Crippen LogP contribution is -2.48. The Hall–Kier alpha value is -0.190. The van der Waals surface area contributed by atoms with Crippen LogP contribution in [0.3, 0.4) is 0 Å². The summed E-state index contributed by atoms with van der Waals surface area (Å²) in [5.74, 6) is 0. The number of aliphatic hydroxyl groups is 1. The van der Waals surface area contributed by atoms with Crippen LogP contribution in [0.25, 0.3) is 0 Å². The summed E-state index contributed by atoms with van der Waals surface area (Å²) < 4.78 is 12.0. The molecule has 0 bridgehead atoms. The van der Waals surface area contributed by atoms with Gasteiger partial charge in [0.2, 0.25) is 5.34 Å². The maximum absolute atomic E-state index is 11.7. The number of hydrogen-bond acceptors (Lipinski definition) is 2. The summed E-state index contributed by atoms with van der Waals surface area (Å²) >= 11 is 0. The number of hydrogen-bond donors (Lipinski definition) is 3. The van der Waals surface area contributed by atoms with Crippen molar-refractivity contribution >= 4 is 7.60 Å². The number of unbranched alkanes of at least 4 members (excludes halogenated alkanes) is 18. The molecule has 198 valence electrons. The molecular formula is C27H57NO4P+. The summed E-state index contributed by atoms with van der Waals surface area (Å²) in [5, 5.41) is 8.39. The van der Waals surface area contributed by atoms with Gasteiger partial charge < -0.3 is 19.4 Å². The van der Waals surface area contributed by atoms with Gasteiger partial charge in [0.05, 0.1) is 21.1 Å². The van der Waals surface area contributed by atoms with Gasteiger partial charge in [0.25, 0.3) is 0 Å². The van der Waals surface area contributed by atoms with E-state index in [4.69, 9.17) is 0 Å². The van der Waals surface area contributed by atoms with Gasteiger partial charge in [-0.05, 0) is 18.9 Å². The predicted octanol–water partition coefficient (Wildman–Crippen LogP) is 7.55. The van der Waals surface area contributed by atoms with E-state index in [1.54, 1.807) is 6.08 Å². The molecular weight excluding hydrogens is 433 g/mol. The van der Waals surface area contributed by atoms with Crippen molar-refractivity contribution in [3.8, 4) is 0 Å². The molecule has 5 nitrogen and oxygen atoms in total. The summed E-state index contributed by atoms with van der Waals surface area (Å²) in [6.45, 7) is 2.25. The van der Waals surface area contributed by atoms with E-state index in [0.717, 1.165) is 19.3 Å². The first-order chi connectivity index (χ1) is 15.5. The minimum absolute atomic E-state index is 0.0209. The molecule has 0 amide bonds. The van der Waals surface area contributed by atoms with E-state index in [2.05, 4.69) is 6.92 Å². The monoisotopic (exact) mass is 490 g/mol. The summed E-state index contributed by atoms with van der Waals surface area (Å²) in [7, 11) is 0.808. The van der Waals surface area contributed by atoms with Crippen molar-refractivity contribution < 1.29 is 23.9 Å². The van der Waals surface area contributed by atoms with Gasteiger partial charge in [-0.2, -0.15) is 0 Å². The molecule has 0 aliphatic carbocycles. The zero-order valence-electron chi connectivity index (χ0n) is 22.4. The lowest BCUT2D eigenvalue weighted by atomic mass is 10.0. The topological polar surface area (TPSA) is 77.8 Å². The molecule has 0 saturated heterocycles. The van der Waals surface area contributed by atoms with Crippen LogP contribution in [-0.4, -0.2) is 52.4 Å². The summed E-state index contributed by atoms with van der Waals surface area (Å²) in [5.41, 5.74) is 0. The molecule has 0 aromatic carbocycles. The Kier molecular flexibility index (Phi) is 18.9. The SMILES string of the molecule is CCCCCCCCCCCCCCCCCCCC/C=C/C(O)(C[N+](C)(C)C)P(=O)(O)O. The van der Waals surface area contributed by atoms with Crippen molar-refractivity contribution in [2.45, 2.75) is 134 Å². The third-order valence-corrected chi connectivity index (χ3v) is 7.62. The van der Waals surface area contributed by atoms with Crippen molar-refractivity contribution in [3.05, 3.63) is 12.2 Å². The Balaban J connectivity index is 3.58. The van der Waals surface area contributed by atoms with Crippen LogP contribution >= 0.6 is 7.60 Å². The van der Waals surface area contributed by atoms with Crippen LogP contribution in [0.2, 0.25) is 0 Å². The fourth-order valence-corrected chi connectivity index (χ4v) is 5.28. The molecule has 0 aromatic rings. The molecule has 0 aliphatic rings. The zero-order valence-corrected chi connectivity index (χ0v) is 23.3. The molecule has 1 atom stereocenters. The van der Waals surface area contributed by atoms with Gasteiger partial charge in [0, 0.05) is 0 Å². The number of likely N-dealkylation sites (N-methyl/N-ethyl adjacent to an activating group) is 1. The van der Waals surface area contributed by atoms with Crippen molar-refractivity contribution in [2.75, 3.05) is 27.7 Å². The van der Waals surface area contributed by atoms with Gasteiger partial charge in [-0.25, -0.2) is 0 Å². The van der Waals surface area contributed by atoms with Crippen LogP contribution in [0.5, 0.6) is 0 Å². The summed E-state index contributed by atoms with van der Waals surface area (Å²) in [6, 6.07) is 0. The minimum atomic E-state index is -4.63. The maximum atomic E-state index is 11.7. The number of allylic oxidation sites excluding steroid dienone is 1. The van der Waals surface area contributed by atoms with Crippen molar-refractivity contribution in [1.29, 1.82) is 0 Å². The van der Waals surface area contributed by atoms with E-state index >= 15 is 0 Å². The Morgan fingerprint density at radius 1 is 0.667 bits per heavy atom. The molecule has 0 saturated carbocycles. The maximum Gasteiger partial charge on any atom is 0.366 e. The highest BCUT2D eigenvalue weighted by molar-refractivity contribution is 7.53. The molecule has 6 heteroatoms. The zero-order chi connectivity index (χ0) is 25.1. The Labute approximate surface area is 205 Å². The number of nitrogens with zero attached hydrogens (tertiary/aromatic N) is 1. The first-order valence-corrected chi connectivity index (χ1v) is 15.4. The van der Waals surface area contributed by atoms with Gasteiger partial charge in [-0.3, -0.25) is 4.57 Å². The molecule has 3 N–H and O–H groups in total. The van der Waals surface area contributed by atoms with Crippen LogP contribution < -0.4 is 0 Å². The highest BCUT2D eigenvalue weighted by Crippen LogP contribution is 2.50. The Morgan fingerprint density at radius 2 is 1.00 bits per heavy atom. The van der Waals surface area contributed by atoms with E-state index in [9.17, 15) is 19.5 Å². The summed E-state index contributed by atoms with van der Waals surface area (Å²) in [6.07, 6.45) is 28.0. The summed E-state index contributed by atoms with van der Waals surface area (Å²) in [4.78, 5) is 19.1. The number of quaternary nitrogens is 1. The average molecular weight is 491 g/mol. The molecule has 0 rings (SSSR count). The van der Waals surface area contributed by atoms with Crippen LogP contribution in [0.15, 0.2) is 12.2 Å². The normalized spacial score (nSPS) is 14.8. The van der Waals surface area contributed by atoms with Crippen molar-refractivity contribution in [3.63, 3.8) is 0 Å². The van der Waals surface area contributed by atoms with Crippen LogP contribution in [-0.2, 0) is 4.57 Å². The Bertz CT molecular complexity index is 527. The molecule has 0 spiro atoms. The molecule has 0 heterocycles. The highest BCUT2D eigenvalue weighted by Gasteiger charge is 2.47. The minimum Gasteiger partial charge on any atom is -0.369 e. The lowest BCUT2D eigenvalue weighted by Gasteiger charge is -2.33. The molecule has 0 radical (unpaired) electrons. The second-order valence-corrected chi connectivity index (χ2v) is 12.9. The van der Waals surface area contributed by atoms with E-state index in [1.807, 2.05) is 21.1 Å². The molecule has 33 heavy (non-hydrogen) atoms. The fraction of sp³-hybridized carbons (Fsp3) is 0.926. The second kappa shape index (κ2) is 19.1. The van der Waals surface area contributed by atoms with Gasteiger partial charge in [0.15, 0.2) is 0 Å². The van der Waals surface area contributed by atoms with Crippen molar-refractivity contribution in [2.24, 2.45) is 0 Å². The molecule has 0 aromatic heterocycles. The second-order valence-electron chi connectivity index (χ2n) is 11.1. The fourth-order valence-electron chi connectivity index (χ4n) is 4.38. The third kappa shape index (κ3) is 19.8. The van der Waals surface area contributed by atoms with Gasteiger partial charge >= 0.3 is 7.60 Å². The van der Waals surface area contributed by atoms with E-state index in [1.165, 1.54) is 109 Å². The molecule has 1 unspecified atom stereocenters. The van der Waals surface area contributed by atoms with Crippen LogP contribution in [0, 0.1) is 0 Å². The smallest absolute Gasteiger partial charge is 0.366 e. The standard InChI is InChI=1S/C27H56NO4P/c1-5-6-7-8-9-10-11-12-13-14-15-16-17-18-19-20-21-22-23-24-25-27(29,33(30,31)32)26-28(2,3)4/h24-25,29H,5-23,26H2,1-4H3,(H-,30,31,32)/p+1/b25-24+. The first-order valence-electron chi connectivity index (χ1n) is 13.8. The molecule has 0 aliphatic heterocycles.